The first kappa shape index (κ1) is 47.6. The highest BCUT2D eigenvalue weighted by Crippen LogP contribution is 2.76. The number of likely N-dealkylation sites (N-methyl/N-ethyl adjacent to an activating group) is 1. The molecule has 4 saturated carbocycles. The van der Waals surface area contributed by atoms with Gasteiger partial charge in [-0.2, -0.15) is 0 Å². The summed E-state index contributed by atoms with van der Waals surface area (Å²) in [6.45, 7) is 14.4. The molecule has 362 valence electrons. The first-order chi connectivity index (χ1) is 30.8. The highest BCUT2D eigenvalue weighted by atomic mass is 16.6. The van der Waals surface area contributed by atoms with E-state index in [0.29, 0.717) is 68.8 Å². The topological polar surface area (TPSA) is 231 Å². The van der Waals surface area contributed by atoms with Gasteiger partial charge >= 0.3 is 0 Å². The van der Waals surface area contributed by atoms with Gasteiger partial charge in [-0.3, -0.25) is 10.1 Å². The van der Waals surface area contributed by atoms with E-state index in [2.05, 4.69) is 37.5 Å². The largest absolute Gasteiger partial charge is 0.508 e. The van der Waals surface area contributed by atoms with Crippen molar-refractivity contribution in [2.24, 2.45) is 51.8 Å². The predicted octanol–water partition coefficient (Wildman–Crippen LogP) is 3.35. The average molecular weight is 909 g/mol. The third-order valence-corrected chi connectivity index (χ3v) is 19.5. The lowest BCUT2D eigenvalue weighted by Crippen LogP contribution is -2.70. The maximum atomic E-state index is 15.3. The number of aliphatic hydroxyl groups is 6. The quantitative estimate of drug-likeness (QED) is 0.0734. The Kier molecular flexibility index (Phi) is 12.2. The van der Waals surface area contributed by atoms with Crippen molar-refractivity contribution in [2.45, 2.75) is 146 Å². The molecule has 0 radical (unpaired) electrons. The molecule has 5 fully saturated rings. The molecule has 17 atom stereocenters. The van der Waals surface area contributed by atoms with Crippen LogP contribution in [0.4, 0.5) is 0 Å². The lowest BCUT2D eigenvalue weighted by Gasteiger charge is -2.65. The van der Waals surface area contributed by atoms with Gasteiger partial charge in [-0.1, -0.05) is 46.3 Å². The second-order valence-corrected chi connectivity index (χ2v) is 22.4. The fourth-order valence-electron chi connectivity index (χ4n) is 16.2. The third kappa shape index (κ3) is 6.54. The second-order valence-electron chi connectivity index (χ2n) is 22.4. The van der Waals surface area contributed by atoms with Gasteiger partial charge < -0.3 is 60.4 Å². The highest BCUT2D eigenvalue weighted by molar-refractivity contribution is 5.96. The van der Waals surface area contributed by atoms with E-state index in [9.17, 15) is 40.9 Å². The molecule has 14 nitrogen and oxygen atoms in total. The Labute approximate surface area is 383 Å². The normalized spacial score (nSPS) is 46.3. The summed E-state index contributed by atoms with van der Waals surface area (Å²) in [6.07, 6.45) is 4.59. The molecular formula is C51H76N2O12. The van der Waals surface area contributed by atoms with Crippen LogP contribution in [0.2, 0.25) is 0 Å². The standard InChI is InChI=1S/C51H76N2O12/c1-7-52-24-30-20-45(4)12-10-34(30)51(44(59)28(45)3)49(61,15-16-54)43-39(65-51)21-50(62)36-19-38(58)42-41-33-17-31(56)18-37(57)32(33)9-14-48(41,60)40(64-26-29(25-55)23-53-27-63-8-2)22-46(42,5)35(36)11-13-47(43,50)6/h17-20,28-29,34-35,39-44,52-57,59-62H,7-16,21-27H2,1-6H3. The number of phenols is 2. The van der Waals surface area contributed by atoms with E-state index in [0.717, 1.165) is 18.5 Å². The van der Waals surface area contributed by atoms with Crippen LogP contribution in [0.15, 0.2) is 35.4 Å². The summed E-state index contributed by atoms with van der Waals surface area (Å²) in [7, 11) is 0. The van der Waals surface area contributed by atoms with Crippen LogP contribution in [0.1, 0.15) is 110 Å². The monoisotopic (exact) mass is 909 g/mol. The van der Waals surface area contributed by atoms with Gasteiger partial charge in [0.2, 0.25) is 0 Å². The average Bonchev–Trinajstić information content (AvgIpc) is 3.60. The maximum absolute atomic E-state index is 15.3. The minimum atomic E-state index is -1.75. The summed E-state index contributed by atoms with van der Waals surface area (Å²) in [5.41, 5.74) is -5.91. The van der Waals surface area contributed by atoms with Gasteiger partial charge in [0, 0.05) is 86.8 Å². The number of rotatable bonds is 14. The molecule has 10 N–H and O–H groups in total. The number of aromatic hydroxyl groups is 2. The number of ketones is 1. The lowest BCUT2D eigenvalue weighted by molar-refractivity contribution is -0.247. The predicted molar refractivity (Wildman–Crippen MR) is 241 cm³/mol. The number of carbonyl (C=O) groups is 1. The summed E-state index contributed by atoms with van der Waals surface area (Å²) in [4.78, 5) is 15.3. The number of fused-ring (bicyclic) bond motifs is 13. The van der Waals surface area contributed by atoms with Crippen LogP contribution in [0.5, 0.6) is 11.5 Å². The molecule has 65 heavy (non-hydrogen) atoms. The number of allylic oxidation sites excluding steroid dienone is 2. The van der Waals surface area contributed by atoms with E-state index in [1.54, 1.807) is 12.1 Å². The van der Waals surface area contributed by atoms with E-state index >= 15 is 4.79 Å². The molecular weight excluding hydrogens is 833 g/mol. The van der Waals surface area contributed by atoms with Crippen molar-refractivity contribution in [3.8, 4) is 11.5 Å². The molecule has 1 aromatic rings. The van der Waals surface area contributed by atoms with Crippen molar-refractivity contribution in [3.63, 3.8) is 0 Å². The minimum absolute atomic E-state index is 0.0547. The van der Waals surface area contributed by atoms with Crippen molar-refractivity contribution in [3.05, 3.63) is 46.6 Å². The molecule has 1 aliphatic heterocycles. The van der Waals surface area contributed by atoms with E-state index in [1.165, 1.54) is 6.07 Å². The van der Waals surface area contributed by atoms with E-state index < -0.39 is 69.3 Å². The number of nitrogens with one attached hydrogen (secondary N) is 2. The van der Waals surface area contributed by atoms with Crippen molar-refractivity contribution in [2.75, 3.05) is 52.8 Å². The number of carbonyl (C=O) groups excluding carboxylic acids is 1. The first-order valence-corrected chi connectivity index (χ1v) is 24.7. The molecule has 14 heteroatoms. The summed E-state index contributed by atoms with van der Waals surface area (Å²) < 4.78 is 19.6. The molecule has 1 saturated heterocycles. The number of hydrogen-bond donors (Lipinski definition) is 10. The van der Waals surface area contributed by atoms with Crippen LogP contribution >= 0.6 is 0 Å². The molecule has 2 bridgehead atoms. The van der Waals surface area contributed by atoms with Crippen LogP contribution in [0.3, 0.4) is 0 Å². The maximum Gasteiger partial charge on any atom is 0.160 e. The molecule has 0 amide bonds. The van der Waals surface area contributed by atoms with Gasteiger partial charge in [-0.15, -0.1) is 0 Å². The zero-order chi connectivity index (χ0) is 46.7. The minimum Gasteiger partial charge on any atom is -0.508 e. The SMILES string of the molecule is CCNCC1=CC2(C)CCC1C1(OC3CC4(O)C5=CC(=O)C6C7c8cc(O)cc(O)c8CCC7(O)C(OCC(CO)CNCOCC)CC6(C)C5CCC4(C)C3C1(O)CCO)C(O)C2C. The number of ether oxygens (including phenoxy) is 3. The smallest absolute Gasteiger partial charge is 0.160 e. The molecule has 1 heterocycles. The van der Waals surface area contributed by atoms with Crippen molar-refractivity contribution >= 4 is 5.78 Å². The molecule has 10 rings (SSSR count). The summed E-state index contributed by atoms with van der Waals surface area (Å²) in [6, 6.07) is 2.85. The lowest BCUT2D eigenvalue weighted by atomic mass is 9.41. The Morgan fingerprint density at radius 3 is 2.43 bits per heavy atom. The van der Waals surface area contributed by atoms with Crippen LogP contribution in [0, 0.1) is 51.8 Å². The summed E-state index contributed by atoms with van der Waals surface area (Å²) >= 11 is 0. The van der Waals surface area contributed by atoms with Gasteiger partial charge in [0.1, 0.15) is 22.7 Å². The molecule has 1 spiro atoms. The highest BCUT2D eigenvalue weighted by Gasteiger charge is 2.82. The number of hydrogen-bond acceptors (Lipinski definition) is 14. The Bertz CT molecular complexity index is 2080. The van der Waals surface area contributed by atoms with Gasteiger partial charge in [0.05, 0.1) is 42.9 Å². The first-order valence-electron chi connectivity index (χ1n) is 24.7. The summed E-state index contributed by atoms with van der Waals surface area (Å²) in [5.74, 6) is -4.21. The molecule has 17 unspecified atom stereocenters. The number of benzene rings is 1. The third-order valence-electron chi connectivity index (χ3n) is 19.5. The summed E-state index contributed by atoms with van der Waals surface area (Å²) in [5, 5.41) is 103. The zero-order valence-corrected chi connectivity index (χ0v) is 39.3. The van der Waals surface area contributed by atoms with E-state index in [-0.39, 0.29) is 91.9 Å². The van der Waals surface area contributed by atoms with Crippen LogP contribution in [0.25, 0.3) is 0 Å². The van der Waals surface area contributed by atoms with Gasteiger partial charge in [0.25, 0.3) is 0 Å². The van der Waals surface area contributed by atoms with Crippen molar-refractivity contribution in [1.29, 1.82) is 0 Å². The second kappa shape index (κ2) is 16.6. The fourth-order valence-corrected chi connectivity index (χ4v) is 16.2. The van der Waals surface area contributed by atoms with Crippen LogP contribution in [-0.2, 0) is 25.4 Å². The Morgan fingerprint density at radius 1 is 0.969 bits per heavy atom. The van der Waals surface area contributed by atoms with E-state index in [4.69, 9.17) is 14.2 Å². The Hall–Kier alpha value is -2.47. The zero-order valence-electron chi connectivity index (χ0n) is 39.3. The van der Waals surface area contributed by atoms with E-state index in [1.807, 2.05) is 20.8 Å². The van der Waals surface area contributed by atoms with Gasteiger partial charge in [-0.25, -0.2) is 0 Å². The van der Waals surface area contributed by atoms with Crippen LogP contribution < -0.4 is 10.6 Å². The number of phenolic OH excluding ortho intramolecular Hbond substituents is 2. The van der Waals surface area contributed by atoms with Gasteiger partial charge in [0.15, 0.2) is 5.78 Å². The van der Waals surface area contributed by atoms with Crippen LogP contribution in [-0.4, -0.2) is 140 Å². The molecule has 1 aromatic carbocycles. The Morgan fingerprint density at radius 2 is 1.72 bits per heavy atom. The van der Waals surface area contributed by atoms with Crippen molar-refractivity contribution in [1.82, 2.24) is 10.6 Å². The molecule has 9 aliphatic rings. The molecule has 8 aliphatic carbocycles. The Balaban J connectivity index is 1.12. The fraction of sp³-hybridized carbons (Fsp3) is 0.784. The molecule has 0 aromatic heterocycles. The number of aliphatic hydroxyl groups excluding tert-OH is 3. The van der Waals surface area contributed by atoms with Crippen molar-refractivity contribution < 1.29 is 59.9 Å². The van der Waals surface area contributed by atoms with Gasteiger partial charge in [-0.05, 0) is 110 Å².